The SMILES string of the molecule is Fc1ccc(SCCNC(CN2CCOCC2)c2ccccc2)cc1. The van der Waals surface area contributed by atoms with Crippen molar-refractivity contribution in [3.05, 3.63) is 66.0 Å². The number of morpholine rings is 1. The lowest BCUT2D eigenvalue weighted by molar-refractivity contribution is 0.0335. The van der Waals surface area contributed by atoms with E-state index in [9.17, 15) is 4.39 Å². The molecule has 0 radical (unpaired) electrons. The van der Waals surface area contributed by atoms with Crippen molar-refractivity contribution < 1.29 is 9.13 Å². The van der Waals surface area contributed by atoms with Crippen molar-refractivity contribution in [3.8, 4) is 0 Å². The summed E-state index contributed by atoms with van der Waals surface area (Å²) in [7, 11) is 0. The summed E-state index contributed by atoms with van der Waals surface area (Å²) < 4.78 is 18.4. The lowest BCUT2D eigenvalue weighted by Crippen LogP contribution is -2.42. The number of nitrogens with one attached hydrogen (secondary N) is 1. The van der Waals surface area contributed by atoms with Gasteiger partial charge in [-0.25, -0.2) is 4.39 Å². The van der Waals surface area contributed by atoms with Crippen molar-refractivity contribution in [1.29, 1.82) is 0 Å². The highest BCUT2D eigenvalue weighted by Crippen LogP contribution is 2.19. The summed E-state index contributed by atoms with van der Waals surface area (Å²) in [5.41, 5.74) is 1.32. The molecule has 2 aromatic carbocycles. The van der Waals surface area contributed by atoms with Crippen molar-refractivity contribution >= 4 is 11.8 Å². The molecular formula is C20H25FN2OS. The molecule has 1 atom stereocenters. The first kappa shape index (κ1) is 18.4. The lowest BCUT2D eigenvalue weighted by Gasteiger charge is -2.31. The Morgan fingerprint density at radius 2 is 1.76 bits per heavy atom. The molecule has 0 bridgehead atoms. The van der Waals surface area contributed by atoms with Gasteiger partial charge in [0.1, 0.15) is 5.82 Å². The van der Waals surface area contributed by atoms with E-state index in [4.69, 9.17) is 4.74 Å². The fourth-order valence-corrected chi connectivity index (χ4v) is 3.73. The van der Waals surface area contributed by atoms with Gasteiger partial charge in [0.15, 0.2) is 0 Å². The normalized spacial score (nSPS) is 16.7. The van der Waals surface area contributed by atoms with Crippen LogP contribution in [0.15, 0.2) is 59.5 Å². The highest BCUT2D eigenvalue weighted by atomic mass is 32.2. The van der Waals surface area contributed by atoms with Crippen LogP contribution in [-0.2, 0) is 4.74 Å². The van der Waals surface area contributed by atoms with Crippen LogP contribution in [-0.4, -0.2) is 50.0 Å². The van der Waals surface area contributed by atoms with Crippen LogP contribution in [0.1, 0.15) is 11.6 Å². The molecule has 1 saturated heterocycles. The van der Waals surface area contributed by atoms with E-state index in [1.807, 2.05) is 12.1 Å². The Morgan fingerprint density at radius 1 is 1.04 bits per heavy atom. The zero-order valence-corrected chi connectivity index (χ0v) is 15.2. The third-order valence-electron chi connectivity index (χ3n) is 4.32. The van der Waals surface area contributed by atoms with Gasteiger partial charge in [-0.3, -0.25) is 4.90 Å². The number of hydrogen-bond acceptors (Lipinski definition) is 4. The predicted molar refractivity (Wildman–Crippen MR) is 102 cm³/mol. The molecule has 1 heterocycles. The van der Waals surface area contributed by atoms with Gasteiger partial charge in [0.25, 0.3) is 0 Å². The van der Waals surface area contributed by atoms with Gasteiger partial charge in [0, 0.05) is 42.9 Å². The van der Waals surface area contributed by atoms with Gasteiger partial charge in [0.05, 0.1) is 13.2 Å². The number of benzene rings is 2. The Labute approximate surface area is 153 Å². The molecule has 0 aromatic heterocycles. The van der Waals surface area contributed by atoms with Gasteiger partial charge in [-0.05, 0) is 29.8 Å². The molecule has 0 spiro atoms. The van der Waals surface area contributed by atoms with Gasteiger partial charge in [-0.15, -0.1) is 11.8 Å². The first-order valence-electron chi connectivity index (χ1n) is 8.78. The molecule has 3 rings (SSSR count). The van der Waals surface area contributed by atoms with E-state index in [-0.39, 0.29) is 5.82 Å². The summed E-state index contributed by atoms with van der Waals surface area (Å²) in [6.07, 6.45) is 0. The van der Waals surface area contributed by atoms with E-state index in [0.717, 1.165) is 50.0 Å². The van der Waals surface area contributed by atoms with Gasteiger partial charge >= 0.3 is 0 Å². The average molecular weight is 360 g/mol. The first-order valence-corrected chi connectivity index (χ1v) is 9.76. The minimum absolute atomic E-state index is 0.183. The zero-order chi connectivity index (χ0) is 17.3. The van der Waals surface area contributed by atoms with Gasteiger partial charge in [-0.1, -0.05) is 30.3 Å². The molecular weight excluding hydrogens is 335 g/mol. The number of hydrogen-bond donors (Lipinski definition) is 1. The topological polar surface area (TPSA) is 24.5 Å². The molecule has 2 aromatic rings. The molecule has 5 heteroatoms. The summed E-state index contributed by atoms with van der Waals surface area (Å²) in [5, 5.41) is 3.69. The van der Waals surface area contributed by atoms with E-state index >= 15 is 0 Å². The van der Waals surface area contributed by atoms with Crippen molar-refractivity contribution in [1.82, 2.24) is 10.2 Å². The van der Waals surface area contributed by atoms with E-state index in [2.05, 4.69) is 40.5 Å². The van der Waals surface area contributed by atoms with Crippen LogP contribution >= 0.6 is 11.8 Å². The molecule has 25 heavy (non-hydrogen) atoms. The smallest absolute Gasteiger partial charge is 0.123 e. The van der Waals surface area contributed by atoms with Crippen LogP contribution in [0.4, 0.5) is 4.39 Å². The summed E-state index contributed by atoms with van der Waals surface area (Å²) in [5.74, 6) is 0.773. The van der Waals surface area contributed by atoms with Crippen molar-refractivity contribution in [2.24, 2.45) is 0 Å². The largest absolute Gasteiger partial charge is 0.379 e. The Balaban J connectivity index is 1.51. The molecule has 0 amide bonds. The summed E-state index contributed by atoms with van der Waals surface area (Å²) in [6.45, 7) is 5.54. The van der Waals surface area contributed by atoms with E-state index in [1.165, 1.54) is 17.7 Å². The molecule has 1 aliphatic heterocycles. The minimum Gasteiger partial charge on any atom is -0.379 e. The highest BCUT2D eigenvalue weighted by Gasteiger charge is 2.17. The fourth-order valence-electron chi connectivity index (χ4n) is 2.95. The third-order valence-corrected chi connectivity index (χ3v) is 5.34. The quantitative estimate of drug-likeness (QED) is 0.574. The molecule has 3 nitrogen and oxygen atoms in total. The number of nitrogens with zero attached hydrogens (tertiary/aromatic N) is 1. The molecule has 0 aliphatic carbocycles. The first-order chi connectivity index (χ1) is 12.3. The van der Waals surface area contributed by atoms with Crippen LogP contribution in [0.5, 0.6) is 0 Å². The second kappa shape index (κ2) is 9.92. The number of ether oxygens (including phenoxy) is 1. The molecule has 1 fully saturated rings. The zero-order valence-electron chi connectivity index (χ0n) is 14.4. The summed E-state index contributed by atoms with van der Waals surface area (Å²) in [4.78, 5) is 3.56. The van der Waals surface area contributed by atoms with Gasteiger partial charge < -0.3 is 10.1 Å². The Hall–Kier alpha value is -1.40. The lowest BCUT2D eigenvalue weighted by atomic mass is 10.1. The van der Waals surface area contributed by atoms with E-state index in [0.29, 0.717) is 6.04 Å². The maximum absolute atomic E-state index is 13.0. The monoisotopic (exact) mass is 360 g/mol. The predicted octanol–water partition coefficient (Wildman–Crippen LogP) is 3.58. The Bertz CT molecular complexity index is 617. The van der Waals surface area contributed by atoms with Crippen LogP contribution in [0.2, 0.25) is 0 Å². The molecule has 1 N–H and O–H groups in total. The van der Waals surface area contributed by atoms with Gasteiger partial charge in [-0.2, -0.15) is 0 Å². The summed E-state index contributed by atoms with van der Waals surface area (Å²) >= 11 is 1.75. The number of halogens is 1. The molecule has 1 aliphatic rings. The van der Waals surface area contributed by atoms with Crippen LogP contribution < -0.4 is 5.32 Å². The number of thioether (sulfide) groups is 1. The van der Waals surface area contributed by atoms with E-state index in [1.54, 1.807) is 11.8 Å². The van der Waals surface area contributed by atoms with Crippen molar-refractivity contribution in [3.63, 3.8) is 0 Å². The Morgan fingerprint density at radius 3 is 2.48 bits per heavy atom. The molecule has 1 unspecified atom stereocenters. The van der Waals surface area contributed by atoms with Crippen molar-refractivity contribution in [2.45, 2.75) is 10.9 Å². The third kappa shape index (κ3) is 6.12. The highest BCUT2D eigenvalue weighted by molar-refractivity contribution is 7.99. The molecule has 0 saturated carbocycles. The average Bonchev–Trinajstić information content (AvgIpc) is 2.67. The molecule has 134 valence electrons. The second-order valence-electron chi connectivity index (χ2n) is 6.13. The Kier molecular flexibility index (Phi) is 7.30. The maximum atomic E-state index is 13.0. The maximum Gasteiger partial charge on any atom is 0.123 e. The second-order valence-corrected chi connectivity index (χ2v) is 7.30. The van der Waals surface area contributed by atoms with E-state index < -0.39 is 0 Å². The fraction of sp³-hybridized carbons (Fsp3) is 0.400. The standard InChI is InChI=1S/C20H25FN2OS/c21-18-6-8-19(9-7-18)25-15-10-22-20(17-4-2-1-3-5-17)16-23-11-13-24-14-12-23/h1-9,20,22H,10-16H2. The van der Waals surface area contributed by atoms with Crippen LogP contribution in [0.3, 0.4) is 0 Å². The van der Waals surface area contributed by atoms with Gasteiger partial charge in [0.2, 0.25) is 0 Å². The summed E-state index contributed by atoms with van der Waals surface area (Å²) in [6, 6.07) is 17.6. The van der Waals surface area contributed by atoms with Crippen molar-refractivity contribution in [2.75, 3.05) is 45.1 Å². The number of rotatable bonds is 8. The van der Waals surface area contributed by atoms with Crippen LogP contribution in [0, 0.1) is 5.82 Å². The van der Waals surface area contributed by atoms with Crippen LogP contribution in [0.25, 0.3) is 0 Å². The minimum atomic E-state index is -0.183.